The average Bonchev–Trinajstić information content (AvgIpc) is 2.28. The number of anilines is 1. The summed E-state index contributed by atoms with van der Waals surface area (Å²) in [4.78, 5) is 11.1. The number of hydrogen-bond donors (Lipinski definition) is 2. The van der Waals surface area contributed by atoms with Crippen LogP contribution in [-0.2, 0) is 0 Å². The minimum atomic E-state index is -4.89. The molecule has 2 amide bonds. The summed E-state index contributed by atoms with van der Waals surface area (Å²) in [6, 6.07) is 1.84. The predicted octanol–water partition coefficient (Wildman–Crippen LogP) is 4.03. The second-order valence-corrected chi connectivity index (χ2v) is 4.47. The van der Waals surface area contributed by atoms with Crippen molar-refractivity contribution < 1.29 is 35.9 Å². The van der Waals surface area contributed by atoms with E-state index < -0.39 is 30.9 Å². The molecule has 2 N–H and O–H groups in total. The van der Waals surface area contributed by atoms with Crippen LogP contribution in [0.3, 0.4) is 0 Å². The summed E-state index contributed by atoms with van der Waals surface area (Å²) >= 11 is 2.78. The van der Waals surface area contributed by atoms with Crippen LogP contribution in [0.15, 0.2) is 22.7 Å². The van der Waals surface area contributed by atoms with Crippen LogP contribution in [0.1, 0.15) is 0 Å². The largest absolute Gasteiger partial charge is 0.573 e. The number of rotatable bonds is 3. The molecule has 0 saturated carbocycles. The summed E-state index contributed by atoms with van der Waals surface area (Å²) < 4.78 is 75.1. The van der Waals surface area contributed by atoms with Gasteiger partial charge in [-0.2, -0.15) is 13.2 Å². The van der Waals surface area contributed by atoms with E-state index in [9.17, 15) is 31.1 Å². The van der Waals surface area contributed by atoms with E-state index in [0.717, 1.165) is 18.2 Å². The SMILES string of the molecule is O=C(NCC(F)(F)F)Nc1ccc(OC(F)(F)F)c(Br)c1. The second kappa shape index (κ2) is 6.41. The first-order valence-corrected chi connectivity index (χ1v) is 5.92. The van der Waals surface area contributed by atoms with Crippen molar-refractivity contribution in [2.45, 2.75) is 12.5 Å². The van der Waals surface area contributed by atoms with Crippen LogP contribution >= 0.6 is 15.9 Å². The maximum atomic E-state index is 12.0. The van der Waals surface area contributed by atoms with Gasteiger partial charge in [-0.25, -0.2) is 4.79 Å². The number of ether oxygens (including phenoxy) is 1. The standard InChI is InChI=1S/C10H7BrF6N2O2/c11-6-3-5(1-2-7(6)21-10(15,16)17)19-8(20)18-4-9(12,13)14/h1-3H,4H2,(H2,18,19,20). The highest BCUT2D eigenvalue weighted by Crippen LogP contribution is 2.32. The first-order chi connectivity index (χ1) is 9.46. The molecule has 11 heteroatoms. The molecular weight excluding hydrogens is 374 g/mol. The molecule has 118 valence electrons. The Kier molecular flexibility index (Phi) is 5.31. The van der Waals surface area contributed by atoms with Gasteiger partial charge < -0.3 is 15.4 Å². The number of alkyl halides is 6. The lowest BCUT2D eigenvalue weighted by Crippen LogP contribution is -2.36. The Morgan fingerprint density at radius 3 is 2.29 bits per heavy atom. The fraction of sp³-hybridized carbons (Fsp3) is 0.300. The third kappa shape index (κ3) is 7.06. The van der Waals surface area contributed by atoms with E-state index in [1.807, 2.05) is 5.32 Å². The minimum Gasteiger partial charge on any atom is -0.405 e. The molecule has 1 rings (SSSR count). The molecule has 1 aromatic carbocycles. The summed E-state index contributed by atoms with van der Waals surface area (Å²) in [5, 5.41) is 3.57. The van der Waals surface area contributed by atoms with Gasteiger partial charge in [-0.3, -0.25) is 0 Å². The number of carbonyl (C=O) groups is 1. The average molecular weight is 381 g/mol. The first kappa shape index (κ1) is 17.4. The number of urea groups is 1. The van der Waals surface area contributed by atoms with Gasteiger partial charge in [0.1, 0.15) is 12.3 Å². The van der Waals surface area contributed by atoms with Gasteiger partial charge >= 0.3 is 18.6 Å². The van der Waals surface area contributed by atoms with E-state index >= 15 is 0 Å². The van der Waals surface area contributed by atoms with Crippen LogP contribution < -0.4 is 15.4 Å². The summed E-state index contributed by atoms with van der Waals surface area (Å²) in [6.45, 7) is -1.53. The van der Waals surface area contributed by atoms with E-state index in [1.54, 1.807) is 5.32 Å². The minimum absolute atomic E-state index is 0.0175. The fourth-order valence-electron chi connectivity index (χ4n) is 1.14. The number of benzene rings is 1. The molecule has 0 aliphatic rings. The van der Waals surface area contributed by atoms with Crippen molar-refractivity contribution in [2.75, 3.05) is 11.9 Å². The zero-order chi connectivity index (χ0) is 16.3. The zero-order valence-electron chi connectivity index (χ0n) is 9.90. The third-order valence-electron chi connectivity index (χ3n) is 1.86. The lowest BCUT2D eigenvalue weighted by atomic mass is 10.3. The Morgan fingerprint density at radius 2 is 1.81 bits per heavy atom. The Bertz CT molecular complexity index is 517. The molecule has 0 unspecified atom stereocenters. The van der Waals surface area contributed by atoms with Crippen molar-refractivity contribution in [1.82, 2.24) is 5.32 Å². The quantitative estimate of drug-likeness (QED) is 0.777. The predicted molar refractivity (Wildman–Crippen MR) is 63.9 cm³/mol. The molecule has 0 heterocycles. The smallest absolute Gasteiger partial charge is 0.405 e. The van der Waals surface area contributed by atoms with Crippen molar-refractivity contribution >= 4 is 27.6 Å². The van der Waals surface area contributed by atoms with E-state index in [2.05, 4.69) is 20.7 Å². The molecule has 0 radical (unpaired) electrons. The Labute approximate surface area is 122 Å². The van der Waals surface area contributed by atoms with E-state index in [4.69, 9.17) is 0 Å². The molecule has 0 spiro atoms. The lowest BCUT2D eigenvalue weighted by molar-refractivity contribution is -0.274. The van der Waals surface area contributed by atoms with Gasteiger partial charge in [0.05, 0.1) is 4.47 Å². The Balaban J connectivity index is 2.65. The zero-order valence-corrected chi connectivity index (χ0v) is 11.5. The summed E-state index contributed by atoms with van der Waals surface area (Å²) in [7, 11) is 0. The van der Waals surface area contributed by atoms with Crippen LogP contribution in [0.4, 0.5) is 36.8 Å². The van der Waals surface area contributed by atoms with Crippen LogP contribution in [0.2, 0.25) is 0 Å². The van der Waals surface area contributed by atoms with Crippen molar-refractivity contribution in [3.8, 4) is 5.75 Å². The summed E-state index contributed by atoms with van der Waals surface area (Å²) in [5.74, 6) is -0.552. The number of carbonyl (C=O) groups excluding carboxylic acids is 1. The summed E-state index contributed by atoms with van der Waals surface area (Å²) in [5.41, 5.74) is -0.0175. The van der Waals surface area contributed by atoms with Gasteiger partial charge in [0.15, 0.2) is 0 Å². The summed E-state index contributed by atoms with van der Waals surface area (Å²) in [6.07, 6.45) is -9.45. The van der Waals surface area contributed by atoms with Gasteiger partial charge in [-0.05, 0) is 34.1 Å². The topological polar surface area (TPSA) is 50.4 Å². The number of halogens is 7. The van der Waals surface area contributed by atoms with Crippen molar-refractivity contribution in [3.63, 3.8) is 0 Å². The van der Waals surface area contributed by atoms with Crippen LogP contribution in [0.5, 0.6) is 5.75 Å². The first-order valence-electron chi connectivity index (χ1n) is 5.13. The molecule has 0 aliphatic carbocycles. The highest BCUT2D eigenvalue weighted by Gasteiger charge is 2.32. The molecule has 0 atom stereocenters. The van der Waals surface area contributed by atoms with Crippen molar-refractivity contribution in [2.24, 2.45) is 0 Å². The van der Waals surface area contributed by atoms with E-state index in [0.29, 0.717) is 0 Å². The molecule has 1 aromatic rings. The Morgan fingerprint density at radius 1 is 1.19 bits per heavy atom. The molecule has 4 nitrogen and oxygen atoms in total. The third-order valence-corrected chi connectivity index (χ3v) is 2.48. The monoisotopic (exact) mass is 380 g/mol. The molecule has 0 bridgehead atoms. The number of nitrogens with one attached hydrogen (secondary N) is 2. The molecule has 21 heavy (non-hydrogen) atoms. The Hall–Kier alpha value is -1.65. The van der Waals surface area contributed by atoms with Crippen LogP contribution in [0.25, 0.3) is 0 Å². The maximum Gasteiger partial charge on any atom is 0.573 e. The molecule has 0 saturated heterocycles. The van der Waals surface area contributed by atoms with Crippen LogP contribution in [-0.4, -0.2) is 25.1 Å². The highest BCUT2D eigenvalue weighted by atomic mass is 79.9. The normalized spacial score (nSPS) is 12.0. The molecule has 0 aliphatic heterocycles. The van der Waals surface area contributed by atoms with Crippen LogP contribution in [0, 0.1) is 0 Å². The highest BCUT2D eigenvalue weighted by molar-refractivity contribution is 9.10. The molecule has 0 aromatic heterocycles. The van der Waals surface area contributed by atoms with Gasteiger partial charge in [0.25, 0.3) is 0 Å². The van der Waals surface area contributed by atoms with Crippen molar-refractivity contribution in [1.29, 1.82) is 0 Å². The molecular formula is C10H7BrF6N2O2. The van der Waals surface area contributed by atoms with Gasteiger partial charge in [0, 0.05) is 5.69 Å². The van der Waals surface area contributed by atoms with E-state index in [-0.39, 0.29) is 10.2 Å². The number of hydrogen-bond acceptors (Lipinski definition) is 2. The van der Waals surface area contributed by atoms with E-state index in [1.165, 1.54) is 0 Å². The fourth-order valence-corrected chi connectivity index (χ4v) is 1.60. The number of amides is 2. The molecule has 0 fully saturated rings. The van der Waals surface area contributed by atoms with Gasteiger partial charge in [-0.1, -0.05) is 0 Å². The maximum absolute atomic E-state index is 12.0. The second-order valence-electron chi connectivity index (χ2n) is 3.62. The van der Waals surface area contributed by atoms with Crippen molar-refractivity contribution in [3.05, 3.63) is 22.7 Å². The van der Waals surface area contributed by atoms with Gasteiger partial charge in [-0.15, -0.1) is 13.2 Å². The lowest BCUT2D eigenvalue weighted by Gasteiger charge is -2.13. The van der Waals surface area contributed by atoms with Gasteiger partial charge in [0.2, 0.25) is 0 Å².